The average Bonchev–Trinajstić information content (AvgIpc) is 2.86. The quantitative estimate of drug-likeness (QED) is 0.789. The molecule has 23 heavy (non-hydrogen) atoms. The molecule has 124 valence electrons. The maximum absolute atomic E-state index is 13.9. The van der Waals surface area contributed by atoms with Crippen molar-refractivity contribution in [1.82, 2.24) is 0 Å². The summed E-state index contributed by atoms with van der Waals surface area (Å²) in [5, 5.41) is 0. The van der Waals surface area contributed by atoms with Gasteiger partial charge in [-0.05, 0) is 44.0 Å². The van der Waals surface area contributed by atoms with E-state index in [0.29, 0.717) is 13.2 Å². The number of halogens is 3. The van der Waals surface area contributed by atoms with Crippen LogP contribution in [0.2, 0.25) is 0 Å². The number of para-hydroxylation sites is 1. The molecule has 2 aromatic rings. The molecule has 1 heterocycles. The summed E-state index contributed by atoms with van der Waals surface area (Å²) in [6.45, 7) is 8.13. The second kappa shape index (κ2) is 6.75. The third-order valence-electron chi connectivity index (χ3n) is 4.19. The van der Waals surface area contributed by atoms with E-state index in [4.69, 9.17) is 0 Å². The molecule has 5 heteroatoms. The second-order valence-electron chi connectivity index (χ2n) is 5.99. The van der Waals surface area contributed by atoms with Crippen LogP contribution in [0, 0.1) is 32.4 Å². The topological polar surface area (TPSA) is 6.48 Å². The van der Waals surface area contributed by atoms with Gasteiger partial charge in [-0.3, -0.25) is 0 Å². The Bertz CT molecular complexity index is 675. The number of hydrogen-bond acceptors (Lipinski definition) is 2. The minimum atomic E-state index is -0.501. The van der Waals surface area contributed by atoms with Crippen molar-refractivity contribution in [2.75, 3.05) is 29.6 Å². The van der Waals surface area contributed by atoms with Gasteiger partial charge in [0, 0.05) is 18.8 Å². The lowest BCUT2D eigenvalue weighted by Crippen LogP contribution is -2.27. The van der Waals surface area contributed by atoms with Gasteiger partial charge in [0.15, 0.2) is 0 Å². The smallest absolute Gasteiger partial charge is 0.149 e. The Labute approximate surface area is 142 Å². The Morgan fingerprint density at radius 1 is 0.826 bits per heavy atom. The zero-order chi connectivity index (χ0) is 15.9. The molecule has 1 fully saturated rings. The van der Waals surface area contributed by atoms with E-state index in [1.807, 2.05) is 0 Å². The van der Waals surface area contributed by atoms with E-state index < -0.39 is 11.6 Å². The van der Waals surface area contributed by atoms with E-state index in [-0.39, 0.29) is 18.1 Å². The Morgan fingerprint density at radius 3 is 1.83 bits per heavy atom. The zero-order valence-electron chi connectivity index (χ0n) is 13.6. The largest absolute Gasteiger partial charge is 0.352 e. The molecule has 0 saturated carbocycles. The number of aryl methyl sites for hydroxylation is 3. The van der Waals surface area contributed by atoms with Crippen molar-refractivity contribution in [3.8, 4) is 0 Å². The number of hydrogen-bond donors (Lipinski definition) is 0. The molecule has 1 aliphatic rings. The highest BCUT2D eigenvalue weighted by Gasteiger charge is 2.26. The van der Waals surface area contributed by atoms with Crippen molar-refractivity contribution >= 4 is 23.8 Å². The SMILES string of the molecule is Cc1cc(C)c(N2CCN(c3c(F)cccc3F)C2)c(C)c1.Cl. The van der Waals surface area contributed by atoms with Crippen LogP contribution in [0.3, 0.4) is 0 Å². The molecule has 0 atom stereocenters. The first-order valence-corrected chi connectivity index (χ1v) is 7.49. The molecule has 0 amide bonds. The van der Waals surface area contributed by atoms with Crippen molar-refractivity contribution in [3.05, 3.63) is 58.7 Å². The Hall–Kier alpha value is -1.81. The second-order valence-corrected chi connectivity index (χ2v) is 5.99. The maximum Gasteiger partial charge on any atom is 0.149 e. The van der Waals surface area contributed by atoms with Gasteiger partial charge in [-0.15, -0.1) is 12.4 Å². The van der Waals surface area contributed by atoms with Crippen LogP contribution in [0.25, 0.3) is 0 Å². The molecule has 0 bridgehead atoms. The molecule has 0 aliphatic carbocycles. The van der Waals surface area contributed by atoms with Crippen LogP contribution in [-0.2, 0) is 0 Å². The van der Waals surface area contributed by atoms with Gasteiger partial charge in [0.25, 0.3) is 0 Å². The summed E-state index contributed by atoms with van der Waals surface area (Å²) >= 11 is 0. The van der Waals surface area contributed by atoms with Gasteiger partial charge < -0.3 is 9.80 Å². The molecule has 0 N–H and O–H groups in total. The molecule has 0 aromatic heterocycles. The fraction of sp³-hybridized carbons (Fsp3) is 0.333. The van der Waals surface area contributed by atoms with Gasteiger partial charge in [0.05, 0.1) is 6.67 Å². The molecule has 0 unspecified atom stereocenters. The molecule has 2 aromatic carbocycles. The summed E-state index contributed by atoms with van der Waals surface area (Å²) in [5.74, 6) is -1.00. The first-order chi connectivity index (χ1) is 10.5. The highest BCUT2D eigenvalue weighted by Crippen LogP contribution is 2.31. The standard InChI is InChI=1S/C18H20F2N2.ClH/c1-12-9-13(2)17(14(3)10-12)21-7-8-22(11-21)18-15(19)5-4-6-16(18)20;/h4-6,9-10H,7-8,11H2,1-3H3;1H. The van der Waals surface area contributed by atoms with E-state index >= 15 is 0 Å². The Kier molecular flexibility index (Phi) is 5.15. The van der Waals surface area contributed by atoms with Gasteiger partial charge in [0.1, 0.15) is 17.3 Å². The number of nitrogens with zero attached hydrogens (tertiary/aromatic N) is 2. The third kappa shape index (κ3) is 3.27. The van der Waals surface area contributed by atoms with E-state index in [1.54, 1.807) is 4.90 Å². The van der Waals surface area contributed by atoms with E-state index in [2.05, 4.69) is 37.8 Å². The monoisotopic (exact) mass is 338 g/mol. The van der Waals surface area contributed by atoms with Crippen LogP contribution >= 0.6 is 12.4 Å². The van der Waals surface area contributed by atoms with Crippen molar-refractivity contribution in [1.29, 1.82) is 0 Å². The molecular formula is C18H21ClF2N2. The van der Waals surface area contributed by atoms with Crippen LogP contribution in [0.4, 0.5) is 20.2 Å². The summed E-state index contributed by atoms with van der Waals surface area (Å²) in [7, 11) is 0. The van der Waals surface area contributed by atoms with Gasteiger partial charge >= 0.3 is 0 Å². The van der Waals surface area contributed by atoms with Crippen LogP contribution in [0.5, 0.6) is 0 Å². The molecular weight excluding hydrogens is 318 g/mol. The minimum absolute atomic E-state index is 0. The molecule has 0 radical (unpaired) electrons. The highest BCUT2D eigenvalue weighted by atomic mass is 35.5. The fourth-order valence-electron chi connectivity index (χ4n) is 3.42. The normalized spacial score (nSPS) is 14.1. The summed E-state index contributed by atoms with van der Waals surface area (Å²) < 4.78 is 27.9. The first kappa shape index (κ1) is 17.5. The molecule has 0 spiro atoms. The van der Waals surface area contributed by atoms with Crippen molar-refractivity contribution < 1.29 is 8.78 Å². The van der Waals surface area contributed by atoms with E-state index in [0.717, 1.165) is 6.54 Å². The van der Waals surface area contributed by atoms with E-state index in [1.165, 1.54) is 40.6 Å². The van der Waals surface area contributed by atoms with Crippen LogP contribution in [-0.4, -0.2) is 19.8 Å². The van der Waals surface area contributed by atoms with Crippen LogP contribution in [0.1, 0.15) is 16.7 Å². The fourth-order valence-corrected chi connectivity index (χ4v) is 3.42. The Balaban J connectivity index is 0.00000192. The third-order valence-corrected chi connectivity index (χ3v) is 4.19. The van der Waals surface area contributed by atoms with Crippen molar-refractivity contribution in [3.63, 3.8) is 0 Å². The first-order valence-electron chi connectivity index (χ1n) is 7.49. The predicted molar refractivity (Wildman–Crippen MR) is 93.8 cm³/mol. The van der Waals surface area contributed by atoms with Crippen LogP contribution < -0.4 is 9.80 Å². The summed E-state index contributed by atoms with van der Waals surface area (Å²) in [6, 6.07) is 8.31. The van der Waals surface area contributed by atoms with Gasteiger partial charge in [0.2, 0.25) is 0 Å². The van der Waals surface area contributed by atoms with Crippen LogP contribution in [0.15, 0.2) is 30.3 Å². The summed E-state index contributed by atoms with van der Waals surface area (Å²) in [4.78, 5) is 3.96. The van der Waals surface area contributed by atoms with Crippen molar-refractivity contribution in [2.24, 2.45) is 0 Å². The lowest BCUT2D eigenvalue weighted by Gasteiger charge is -2.25. The van der Waals surface area contributed by atoms with Gasteiger partial charge in [-0.25, -0.2) is 8.78 Å². The number of anilines is 2. The molecule has 2 nitrogen and oxygen atoms in total. The van der Waals surface area contributed by atoms with Gasteiger partial charge in [-0.2, -0.15) is 0 Å². The molecule has 1 saturated heterocycles. The average molecular weight is 339 g/mol. The number of rotatable bonds is 2. The highest BCUT2D eigenvalue weighted by molar-refractivity contribution is 5.85. The van der Waals surface area contributed by atoms with Gasteiger partial charge in [-0.1, -0.05) is 23.8 Å². The predicted octanol–water partition coefficient (Wildman–Crippen LogP) is 4.60. The summed E-state index contributed by atoms with van der Waals surface area (Å²) in [5.41, 5.74) is 4.88. The summed E-state index contributed by atoms with van der Waals surface area (Å²) in [6.07, 6.45) is 0. The van der Waals surface area contributed by atoms with E-state index in [9.17, 15) is 8.78 Å². The van der Waals surface area contributed by atoms with Crippen molar-refractivity contribution in [2.45, 2.75) is 20.8 Å². The molecule has 1 aliphatic heterocycles. The maximum atomic E-state index is 13.9. The number of benzene rings is 2. The Morgan fingerprint density at radius 2 is 1.30 bits per heavy atom. The zero-order valence-corrected chi connectivity index (χ0v) is 14.4. The minimum Gasteiger partial charge on any atom is -0.352 e. The lowest BCUT2D eigenvalue weighted by atomic mass is 10.0. The lowest BCUT2D eigenvalue weighted by molar-refractivity contribution is 0.578. The molecule has 3 rings (SSSR count).